The molecule has 0 amide bonds. The lowest BCUT2D eigenvalue weighted by Gasteiger charge is -2.11. The van der Waals surface area contributed by atoms with E-state index in [1.807, 2.05) is 0 Å². The van der Waals surface area contributed by atoms with Gasteiger partial charge in [-0.15, -0.1) is 12.4 Å². The summed E-state index contributed by atoms with van der Waals surface area (Å²) in [6, 6.07) is 3.99. The van der Waals surface area contributed by atoms with Crippen LogP contribution in [0.15, 0.2) is 23.1 Å². The Morgan fingerprint density at radius 3 is 2.52 bits per heavy atom. The molecular weight excluding hydrogens is 320 g/mol. The normalized spacial score (nSPS) is 10.6. The SMILES string of the molecule is COC(=O)c1ccc(S(=O)(=O)NCCCN)c(OC)c1.Cl. The molecule has 0 aliphatic rings. The summed E-state index contributed by atoms with van der Waals surface area (Å²) in [6.45, 7) is 0.627. The van der Waals surface area contributed by atoms with Crippen LogP contribution in [0.25, 0.3) is 0 Å². The van der Waals surface area contributed by atoms with Crippen molar-refractivity contribution in [2.45, 2.75) is 11.3 Å². The van der Waals surface area contributed by atoms with Gasteiger partial charge in [0.1, 0.15) is 10.6 Å². The summed E-state index contributed by atoms with van der Waals surface area (Å²) in [5, 5.41) is 0. The Hall–Kier alpha value is -1.35. The van der Waals surface area contributed by atoms with Crippen LogP contribution in [0.4, 0.5) is 0 Å². The fourth-order valence-electron chi connectivity index (χ4n) is 1.52. The van der Waals surface area contributed by atoms with Gasteiger partial charge in [0.25, 0.3) is 0 Å². The molecule has 9 heteroatoms. The van der Waals surface area contributed by atoms with Gasteiger partial charge in [-0.2, -0.15) is 0 Å². The Kier molecular flexibility index (Phi) is 8.26. The molecule has 0 saturated heterocycles. The van der Waals surface area contributed by atoms with E-state index in [2.05, 4.69) is 9.46 Å². The number of sulfonamides is 1. The predicted molar refractivity (Wildman–Crippen MR) is 80.4 cm³/mol. The number of esters is 1. The molecule has 0 aromatic heterocycles. The van der Waals surface area contributed by atoms with Crippen LogP contribution < -0.4 is 15.2 Å². The Bertz CT molecular complexity index is 577. The fourth-order valence-corrected chi connectivity index (χ4v) is 2.74. The topological polar surface area (TPSA) is 108 Å². The molecule has 0 spiro atoms. The average molecular weight is 339 g/mol. The third kappa shape index (κ3) is 5.16. The first kappa shape index (κ1) is 19.7. The lowest BCUT2D eigenvalue weighted by atomic mass is 10.2. The average Bonchev–Trinajstić information content (AvgIpc) is 2.45. The van der Waals surface area contributed by atoms with Crippen molar-refractivity contribution in [3.05, 3.63) is 23.8 Å². The van der Waals surface area contributed by atoms with Crippen LogP contribution in [0.2, 0.25) is 0 Å². The first-order valence-corrected chi connectivity index (χ1v) is 7.40. The standard InChI is InChI=1S/C12H18N2O5S.ClH/c1-18-10-8-9(12(15)19-2)4-5-11(10)20(16,17)14-7-3-6-13;/h4-5,8,14H,3,6-7,13H2,1-2H3;1H. The van der Waals surface area contributed by atoms with Crippen molar-refractivity contribution < 1.29 is 22.7 Å². The van der Waals surface area contributed by atoms with Gasteiger partial charge >= 0.3 is 5.97 Å². The highest BCUT2D eigenvalue weighted by molar-refractivity contribution is 7.89. The van der Waals surface area contributed by atoms with Gasteiger partial charge in [-0.1, -0.05) is 0 Å². The monoisotopic (exact) mass is 338 g/mol. The molecule has 0 bridgehead atoms. The van der Waals surface area contributed by atoms with Crippen LogP contribution in [0.3, 0.4) is 0 Å². The maximum atomic E-state index is 12.1. The van der Waals surface area contributed by atoms with Gasteiger partial charge in [-0.25, -0.2) is 17.9 Å². The molecule has 7 nitrogen and oxygen atoms in total. The van der Waals surface area contributed by atoms with Gasteiger partial charge in [0.05, 0.1) is 19.8 Å². The molecule has 120 valence electrons. The van der Waals surface area contributed by atoms with Gasteiger partial charge in [0, 0.05) is 6.54 Å². The van der Waals surface area contributed by atoms with E-state index in [1.165, 1.54) is 32.4 Å². The molecular formula is C12H19ClN2O5S. The number of nitrogens with two attached hydrogens (primary N) is 1. The molecule has 1 aromatic carbocycles. The van der Waals surface area contributed by atoms with E-state index in [4.69, 9.17) is 10.5 Å². The van der Waals surface area contributed by atoms with Crippen molar-refractivity contribution in [3.8, 4) is 5.75 Å². The van der Waals surface area contributed by atoms with Crippen molar-refractivity contribution in [1.29, 1.82) is 0 Å². The minimum absolute atomic E-state index is 0. The van der Waals surface area contributed by atoms with Gasteiger partial charge in [0.15, 0.2) is 0 Å². The summed E-state index contributed by atoms with van der Waals surface area (Å²) < 4.78 is 36.2. The Morgan fingerprint density at radius 2 is 2.00 bits per heavy atom. The zero-order valence-electron chi connectivity index (χ0n) is 11.8. The quantitative estimate of drug-likeness (QED) is 0.554. The van der Waals surface area contributed by atoms with Crippen LogP contribution in [0.1, 0.15) is 16.8 Å². The number of carbonyl (C=O) groups is 1. The number of carbonyl (C=O) groups excluding carboxylic acids is 1. The zero-order valence-corrected chi connectivity index (χ0v) is 13.4. The lowest BCUT2D eigenvalue weighted by molar-refractivity contribution is 0.0600. The number of benzene rings is 1. The molecule has 3 N–H and O–H groups in total. The molecule has 0 saturated carbocycles. The van der Waals surface area contributed by atoms with Crippen LogP contribution in [-0.4, -0.2) is 41.7 Å². The minimum atomic E-state index is -3.71. The lowest BCUT2D eigenvalue weighted by Crippen LogP contribution is -2.26. The van der Waals surface area contributed by atoms with Crippen molar-refractivity contribution >= 4 is 28.4 Å². The molecule has 0 fully saturated rings. The van der Waals surface area contributed by atoms with E-state index in [0.717, 1.165) is 0 Å². The van der Waals surface area contributed by atoms with Crippen molar-refractivity contribution in [3.63, 3.8) is 0 Å². The first-order chi connectivity index (χ1) is 9.46. The number of halogens is 1. The fraction of sp³-hybridized carbons (Fsp3) is 0.417. The Labute approximate surface area is 130 Å². The number of methoxy groups -OCH3 is 2. The molecule has 21 heavy (non-hydrogen) atoms. The molecule has 0 heterocycles. The van der Waals surface area contributed by atoms with Crippen LogP contribution in [-0.2, 0) is 14.8 Å². The van der Waals surface area contributed by atoms with Gasteiger partial charge in [-0.05, 0) is 31.2 Å². The second-order valence-electron chi connectivity index (χ2n) is 3.90. The highest BCUT2D eigenvalue weighted by Gasteiger charge is 2.20. The van der Waals surface area contributed by atoms with E-state index in [1.54, 1.807) is 0 Å². The van der Waals surface area contributed by atoms with Gasteiger partial charge in [-0.3, -0.25) is 0 Å². The highest BCUT2D eigenvalue weighted by Crippen LogP contribution is 2.25. The number of rotatable bonds is 7. The van der Waals surface area contributed by atoms with E-state index in [9.17, 15) is 13.2 Å². The van der Waals surface area contributed by atoms with E-state index in [-0.39, 0.29) is 35.2 Å². The number of nitrogens with one attached hydrogen (secondary N) is 1. The zero-order chi connectivity index (χ0) is 15.2. The molecule has 0 radical (unpaired) electrons. The molecule has 1 rings (SSSR count). The maximum absolute atomic E-state index is 12.1. The first-order valence-electron chi connectivity index (χ1n) is 5.92. The molecule has 0 aliphatic heterocycles. The summed E-state index contributed by atoms with van der Waals surface area (Å²) in [5.41, 5.74) is 5.52. The summed E-state index contributed by atoms with van der Waals surface area (Å²) in [5.74, 6) is -0.489. The smallest absolute Gasteiger partial charge is 0.337 e. The summed E-state index contributed by atoms with van der Waals surface area (Å²) >= 11 is 0. The Balaban J connectivity index is 0.00000400. The third-order valence-electron chi connectivity index (χ3n) is 2.55. The van der Waals surface area contributed by atoms with E-state index >= 15 is 0 Å². The van der Waals surface area contributed by atoms with Gasteiger partial charge < -0.3 is 15.2 Å². The largest absolute Gasteiger partial charge is 0.495 e. The van der Waals surface area contributed by atoms with E-state index in [0.29, 0.717) is 13.0 Å². The number of hydrogen-bond acceptors (Lipinski definition) is 6. The maximum Gasteiger partial charge on any atom is 0.337 e. The van der Waals surface area contributed by atoms with Crippen LogP contribution in [0, 0.1) is 0 Å². The van der Waals surface area contributed by atoms with Crippen molar-refractivity contribution in [1.82, 2.24) is 4.72 Å². The summed E-state index contributed by atoms with van der Waals surface area (Å²) in [6.07, 6.45) is 0.530. The molecule has 0 unspecified atom stereocenters. The molecule has 1 aromatic rings. The molecule has 0 atom stereocenters. The van der Waals surface area contributed by atoms with Crippen molar-refractivity contribution in [2.75, 3.05) is 27.3 Å². The number of ether oxygens (including phenoxy) is 2. The van der Waals surface area contributed by atoms with Crippen LogP contribution >= 0.6 is 12.4 Å². The van der Waals surface area contributed by atoms with Crippen LogP contribution in [0.5, 0.6) is 5.75 Å². The minimum Gasteiger partial charge on any atom is -0.495 e. The summed E-state index contributed by atoms with van der Waals surface area (Å²) in [4.78, 5) is 11.4. The second-order valence-corrected chi connectivity index (χ2v) is 5.63. The number of hydrogen-bond donors (Lipinski definition) is 2. The summed E-state index contributed by atoms with van der Waals surface area (Å²) in [7, 11) is -1.13. The Morgan fingerprint density at radius 1 is 1.33 bits per heavy atom. The van der Waals surface area contributed by atoms with Gasteiger partial charge in [0.2, 0.25) is 10.0 Å². The van der Waals surface area contributed by atoms with E-state index < -0.39 is 16.0 Å². The predicted octanol–water partition coefficient (Wildman–Crippen LogP) is 0.531. The van der Waals surface area contributed by atoms with Crippen molar-refractivity contribution in [2.24, 2.45) is 5.73 Å². The highest BCUT2D eigenvalue weighted by atomic mass is 35.5. The molecule has 0 aliphatic carbocycles. The second kappa shape index (κ2) is 8.83. The third-order valence-corrected chi connectivity index (χ3v) is 4.05.